The van der Waals surface area contributed by atoms with Crippen molar-refractivity contribution in [3.05, 3.63) is 22.6 Å². The van der Waals surface area contributed by atoms with Crippen LogP contribution in [0.1, 0.15) is 18.9 Å². The number of phenolic OH excluding ortho intramolecular Hbond substituents is 1. The van der Waals surface area contributed by atoms with Gasteiger partial charge in [0.05, 0.1) is 19.1 Å². The van der Waals surface area contributed by atoms with Crippen LogP contribution in [-0.4, -0.2) is 45.1 Å². The van der Waals surface area contributed by atoms with Crippen LogP contribution in [0.15, 0.2) is 17.0 Å². The largest absolute Gasteiger partial charge is 0.502 e. The summed E-state index contributed by atoms with van der Waals surface area (Å²) in [7, 11) is -0.521. The van der Waals surface area contributed by atoms with Gasteiger partial charge in [0.15, 0.2) is 11.5 Å². The number of sulfonamides is 1. The smallest absolute Gasteiger partial charge is 0.239 e. The molecule has 1 aromatic rings. The number of benzene rings is 1. The number of nitrogens with zero attached hydrogens (tertiary/aromatic N) is 1. The number of aromatic hydroxyl groups is 1. The van der Waals surface area contributed by atoms with E-state index in [1.807, 2.05) is 6.92 Å². The molecule has 1 N–H and O–H groups in total. The summed E-state index contributed by atoms with van der Waals surface area (Å²) in [6, 6.07) is 3.16. The summed E-state index contributed by atoms with van der Waals surface area (Å²) in [6.45, 7) is 2.77. The van der Waals surface area contributed by atoms with E-state index in [9.17, 15) is 13.5 Å². The molecule has 1 aliphatic heterocycles. The first kappa shape index (κ1) is 15.7. The van der Waals surface area contributed by atoms with Crippen molar-refractivity contribution in [2.75, 3.05) is 27.3 Å². The highest BCUT2D eigenvalue weighted by Gasteiger charge is 2.32. The van der Waals surface area contributed by atoms with E-state index < -0.39 is 10.0 Å². The van der Waals surface area contributed by atoms with E-state index in [1.165, 1.54) is 18.5 Å². The Bertz CT molecular complexity index is 641. The fourth-order valence-electron chi connectivity index (χ4n) is 2.31. The predicted octanol–water partition coefficient (Wildman–Crippen LogP) is 1.81. The molecule has 6 nitrogen and oxygen atoms in total. The third kappa shape index (κ3) is 2.84. The van der Waals surface area contributed by atoms with Crippen LogP contribution in [0.5, 0.6) is 17.2 Å². The van der Waals surface area contributed by atoms with Gasteiger partial charge in [-0.3, -0.25) is 0 Å². The van der Waals surface area contributed by atoms with Crippen molar-refractivity contribution < 1.29 is 23.0 Å². The van der Waals surface area contributed by atoms with Gasteiger partial charge in [-0.15, -0.1) is 0 Å². The van der Waals surface area contributed by atoms with Crippen molar-refractivity contribution in [2.45, 2.75) is 13.3 Å². The lowest BCUT2D eigenvalue weighted by Gasteiger charge is -2.11. The minimum absolute atomic E-state index is 0.105. The summed E-state index contributed by atoms with van der Waals surface area (Å²) in [4.78, 5) is 0.360. The molecule has 0 atom stereocenters. The van der Waals surface area contributed by atoms with Gasteiger partial charge in [0.25, 0.3) is 0 Å². The third-order valence-corrected chi connectivity index (χ3v) is 5.57. The highest BCUT2D eigenvalue weighted by atomic mass is 32.2. The topological polar surface area (TPSA) is 76.1 Å². The molecule has 0 aromatic heterocycles. The molecule has 1 fully saturated rings. The van der Waals surface area contributed by atoms with Crippen LogP contribution in [0.3, 0.4) is 0 Å². The van der Waals surface area contributed by atoms with Gasteiger partial charge in [-0.25, -0.2) is 8.42 Å². The Labute approximate surface area is 124 Å². The number of phenols is 1. The maximum atomic E-state index is 12.3. The molecule has 1 aliphatic rings. The van der Waals surface area contributed by atoms with E-state index in [0.29, 0.717) is 30.0 Å². The quantitative estimate of drug-likeness (QED) is 0.917. The lowest BCUT2D eigenvalue weighted by atomic mass is 10.1. The van der Waals surface area contributed by atoms with Crippen molar-refractivity contribution in [1.29, 1.82) is 0 Å². The van der Waals surface area contributed by atoms with Gasteiger partial charge in [-0.2, -0.15) is 4.31 Å². The van der Waals surface area contributed by atoms with Crippen LogP contribution < -0.4 is 9.47 Å². The Balaban J connectivity index is 2.47. The standard InChI is InChI=1S/C14H19NO5S/c1-4-15-6-5-11(21(15,17)18)7-10-8-12(19-2)14(16)13(9-10)20-3/h7-9,16H,4-6H2,1-3H3/b11-7+. The van der Waals surface area contributed by atoms with Crippen molar-refractivity contribution in [2.24, 2.45) is 0 Å². The highest BCUT2D eigenvalue weighted by Crippen LogP contribution is 2.38. The molecule has 7 heteroatoms. The second-order valence-corrected chi connectivity index (χ2v) is 6.62. The molecule has 116 valence electrons. The van der Waals surface area contributed by atoms with Crippen molar-refractivity contribution in [3.63, 3.8) is 0 Å². The lowest BCUT2D eigenvalue weighted by molar-refractivity contribution is 0.340. The molecular weight excluding hydrogens is 294 g/mol. The van der Waals surface area contributed by atoms with E-state index in [0.717, 1.165) is 0 Å². The van der Waals surface area contributed by atoms with Gasteiger partial charge in [-0.05, 0) is 30.2 Å². The first-order chi connectivity index (χ1) is 9.93. The van der Waals surface area contributed by atoms with E-state index in [1.54, 1.807) is 18.2 Å². The second kappa shape index (κ2) is 5.95. The van der Waals surface area contributed by atoms with Crippen molar-refractivity contribution in [3.8, 4) is 17.2 Å². The number of hydrogen-bond donors (Lipinski definition) is 1. The molecule has 1 aromatic carbocycles. The molecule has 0 saturated carbocycles. The van der Waals surface area contributed by atoms with Gasteiger partial charge < -0.3 is 14.6 Å². The first-order valence-corrected chi connectivity index (χ1v) is 8.03. The van der Waals surface area contributed by atoms with Crippen LogP contribution in [0.4, 0.5) is 0 Å². The van der Waals surface area contributed by atoms with E-state index in [2.05, 4.69) is 0 Å². The summed E-state index contributed by atoms with van der Waals surface area (Å²) < 4.78 is 36.1. The fraction of sp³-hybridized carbons (Fsp3) is 0.429. The van der Waals surface area contributed by atoms with Crippen molar-refractivity contribution >= 4 is 16.1 Å². The molecule has 0 radical (unpaired) electrons. The number of methoxy groups -OCH3 is 2. The summed E-state index contributed by atoms with van der Waals surface area (Å²) >= 11 is 0. The molecule has 21 heavy (non-hydrogen) atoms. The second-order valence-electron chi connectivity index (χ2n) is 4.63. The molecule has 1 saturated heterocycles. The molecule has 0 unspecified atom stereocenters. The molecule has 1 heterocycles. The van der Waals surface area contributed by atoms with Crippen LogP contribution in [0, 0.1) is 0 Å². The Morgan fingerprint density at radius 2 is 1.86 bits per heavy atom. The van der Waals surface area contributed by atoms with Gasteiger partial charge in [0, 0.05) is 13.1 Å². The fourth-order valence-corrected chi connectivity index (χ4v) is 3.95. The monoisotopic (exact) mass is 313 g/mol. The maximum Gasteiger partial charge on any atom is 0.239 e. The molecule has 2 rings (SSSR count). The van der Waals surface area contributed by atoms with Crippen molar-refractivity contribution in [1.82, 2.24) is 4.31 Å². The molecule has 0 amide bonds. The minimum Gasteiger partial charge on any atom is -0.502 e. The molecule has 0 bridgehead atoms. The van der Waals surface area contributed by atoms with Gasteiger partial charge in [0.1, 0.15) is 0 Å². The molecule has 0 aliphatic carbocycles. The number of rotatable bonds is 4. The summed E-state index contributed by atoms with van der Waals surface area (Å²) in [6.07, 6.45) is 2.07. The Morgan fingerprint density at radius 1 is 1.29 bits per heavy atom. The lowest BCUT2D eigenvalue weighted by Crippen LogP contribution is -2.24. The van der Waals surface area contributed by atoms with Gasteiger partial charge >= 0.3 is 0 Å². The third-order valence-electron chi connectivity index (χ3n) is 3.46. The van der Waals surface area contributed by atoms with Gasteiger partial charge in [0.2, 0.25) is 15.8 Å². The average molecular weight is 313 g/mol. The minimum atomic E-state index is -3.38. The van der Waals surface area contributed by atoms with Crippen LogP contribution in [0.25, 0.3) is 6.08 Å². The summed E-state index contributed by atoms with van der Waals surface area (Å²) in [5.74, 6) is 0.375. The Morgan fingerprint density at radius 3 is 2.29 bits per heavy atom. The SMILES string of the molecule is CCN1CC/C(=C\c2cc(OC)c(O)c(OC)c2)S1(=O)=O. The average Bonchev–Trinajstić information content (AvgIpc) is 2.75. The summed E-state index contributed by atoms with van der Waals surface area (Å²) in [5.41, 5.74) is 0.609. The molecule has 0 spiro atoms. The van der Waals surface area contributed by atoms with Crippen LogP contribution >= 0.6 is 0 Å². The van der Waals surface area contributed by atoms with E-state index in [4.69, 9.17) is 9.47 Å². The highest BCUT2D eigenvalue weighted by molar-refractivity contribution is 7.93. The van der Waals surface area contributed by atoms with Crippen LogP contribution in [-0.2, 0) is 10.0 Å². The Kier molecular flexibility index (Phi) is 4.43. The summed E-state index contributed by atoms with van der Waals surface area (Å²) in [5, 5.41) is 9.86. The zero-order chi connectivity index (χ0) is 15.6. The van der Waals surface area contributed by atoms with E-state index >= 15 is 0 Å². The zero-order valence-electron chi connectivity index (χ0n) is 12.3. The zero-order valence-corrected chi connectivity index (χ0v) is 13.1. The normalized spacial score (nSPS) is 19.9. The molecular formula is C14H19NO5S. The number of ether oxygens (including phenoxy) is 2. The first-order valence-electron chi connectivity index (χ1n) is 6.59. The maximum absolute atomic E-state index is 12.3. The number of hydrogen-bond acceptors (Lipinski definition) is 5. The van der Waals surface area contributed by atoms with Crippen LogP contribution in [0.2, 0.25) is 0 Å². The van der Waals surface area contributed by atoms with Gasteiger partial charge in [-0.1, -0.05) is 6.92 Å². The Hall–Kier alpha value is -1.73. The van der Waals surface area contributed by atoms with E-state index in [-0.39, 0.29) is 17.2 Å². The predicted molar refractivity (Wildman–Crippen MR) is 80.0 cm³/mol.